The first-order chi connectivity index (χ1) is 4.20. The standard InChI is InChI=1S/C5H3ClINO/c6-4-1-2-5(9)8(7)3-4/h1-3H. The van der Waals surface area contributed by atoms with Gasteiger partial charge < -0.3 is 0 Å². The quantitative estimate of drug-likeness (QED) is 0.647. The minimum absolute atomic E-state index is 0.0556. The molecular weight excluding hydrogens is 252 g/mol. The van der Waals surface area contributed by atoms with Gasteiger partial charge in [-0.1, -0.05) is 11.6 Å². The second-order valence-electron chi connectivity index (χ2n) is 1.50. The van der Waals surface area contributed by atoms with E-state index >= 15 is 0 Å². The van der Waals surface area contributed by atoms with Crippen molar-refractivity contribution in [3.05, 3.63) is 33.7 Å². The van der Waals surface area contributed by atoms with Gasteiger partial charge in [0.25, 0.3) is 5.56 Å². The molecule has 0 aromatic carbocycles. The van der Waals surface area contributed by atoms with Gasteiger partial charge in [-0.25, -0.2) is 0 Å². The Hall–Kier alpha value is -0.0300. The van der Waals surface area contributed by atoms with Gasteiger partial charge >= 0.3 is 0 Å². The first-order valence-electron chi connectivity index (χ1n) is 2.24. The van der Waals surface area contributed by atoms with E-state index in [1.54, 1.807) is 12.3 Å². The summed E-state index contributed by atoms with van der Waals surface area (Å²) in [6.07, 6.45) is 1.56. The van der Waals surface area contributed by atoms with Gasteiger partial charge in [-0.2, -0.15) is 0 Å². The van der Waals surface area contributed by atoms with E-state index in [1.165, 1.54) is 8.85 Å². The van der Waals surface area contributed by atoms with Crippen LogP contribution in [0, 0.1) is 0 Å². The van der Waals surface area contributed by atoms with Crippen LogP contribution in [-0.2, 0) is 0 Å². The SMILES string of the molecule is O=c1ccc(Cl)cn1I. The maximum Gasteiger partial charge on any atom is 0.259 e. The number of pyridine rings is 1. The summed E-state index contributed by atoms with van der Waals surface area (Å²) in [4.78, 5) is 10.7. The van der Waals surface area contributed by atoms with Crippen molar-refractivity contribution in [2.24, 2.45) is 0 Å². The zero-order valence-corrected chi connectivity index (χ0v) is 7.26. The number of nitrogens with zero attached hydrogens (tertiary/aromatic N) is 1. The number of hydrogen-bond donors (Lipinski definition) is 0. The lowest BCUT2D eigenvalue weighted by Crippen LogP contribution is -2.08. The first kappa shape index (κ1) is 7.08. The molecule has 1 heterocycles. The molecule has 1 rings (SSSR count). The highest BCUT2D eigenvalue weighted by atomic mass is 127. The molecule has 0 aliphatic rings. The Bertz CT molecular complexity index is 270. The molecule has 0 amide bonds. The summed E-state index contributed by atoms with van der Waals surface area (Å²) < 4.78 is 1.40. The van der Waals surface area contributed by atoms with Crippen LogP contribution in [0.25, 0.3) is 0 Å². The van der Waals surface area contributed by atoms with E-state index in [-0.39, 0.29) is 5.56 Å². The fourth-order valence-electron chi connectivity index (χ4n) is 0.437. The van der Waals surface area contributed by atoms with Gasteiger partial charge in [0, 0.05) is 12.3 Å². The Kier molecular flexibility index (Phi) is 2.13. The summed E-state index contributed by atoms with van der Waals surface area (Å²) in [5.74, 6) is 0. The monoisotopic (exact) mass is 255 g/mol. The number of aromatic nitrogens is 1. The topological polar surface area (TPSA) is 22.0 Å². The van der Waals surface area contributed by atoms with Crippen molar-refractivity contribution in [3.63, 3.8) is 0 Å². The Morgan fingerprint density at radius 2 is 2.22 bits per heavy atom. The molecule has 4 heteroatoms. The predicted molar refractivity (Wildman–Crippen MR) is 45.1 cm³/mol. The van der Waals surface area contributed by atoms with Gasteiger partial charge in [-0.05, 0) is 6.07 Å². The molecule has 0 radical (unpaired) electrons. The molecule has 2 nitrogen and oxygen atoms in total. The van der Waals surface area contributed by atoms with Crippen LogP contribution in [0.1, 0.15) is 0 Å². The average molecular weight is 255 g/mol. The highest BCUT2D eigenvalue weighted by Gasteiger charge is 1.89. The van der Waals surface area contributed by atoms with Crippen LogP contribution in [0.5, 0.6) is 0 Å². The lowest BCUT2D eigenvalue weighted by Gasteiger charge is -1.90. The Morgan fingerprint density at radius 1 is 1.56 bits per heavy atom. The summed E-state index contributed by atoms with van der Waals surface area (Å²) in [5, 5.41) is 0.573. The molecule has 0 unspecified atom stereocenters. The minimum Gasteiger partial charge on any atom is -0.269 e. The van der Waals surface area contributed by atoms with E-state index in [1.807, 2.05) is 22.9 Å². The van der Waals surface area contributed by atoms with Gasteiger partial charge in [0.2, 0.25) is 0 Å². The summed E-state index contributed by atoms with van der Waals surface area (Å²) in [6.45, 7) is 0. The van der Waals surface area contributed by atoms with Crippen molar-refractivity contribution < 1.29 is 0 Å². The Balaban J connectivity index is 3.34. The van der Waals surface area contributed by atoms with Gasteiger partial charge in [0.1, 0.15) is 0 Å². The van der Waals surface area contributed by atoms with E-state index in [9.17, 15) is 4.79 Å². The Morgan fingerprint density at radius 3 is 2.67 bits per heavy atom. The molecule has 1 aromatic heterocycles. The van der Waals surface area contributed by atoms with E-state index in [4.69, 9.17) is 11.6 Å². The number of rotatable bonds is 0. The van der Waals surface area contributed by atoms with Crippen LogP contribution in [0.4, 0.5) is 0 Å². The van der Waals surface area contributed by atoms with Crippen LogP contribution >= 0.6 is 34.5 Å². The molecule has 0 N–H and O–H groups in total. The third-order valence-corrected chi connectivity index (χ3v) is 1.81. The summed E-state index contributed by atoms with van der Waals surface area (Å²) in [7, 11) is 0. The minimum atomic E-state index is -0.0556. The molecule has 0 bridgehead atoms. The van der Waals surface area contributed by atoms with Crippen molar-refractivity contribution >= 4 is 34.5 Å². The largest absolute Gasteiger partial charge is 0.269 e. The van der Waals surface area contributed by atoms with Gasteiger partial charge in [0.05, 0.1) is 27.9 Å². The lowest BCUT2D eigenvalue weighted by atomic mass is 10.5. The molecule has 0 aliphatic carbocycles. The molecule has 1 aromatic rings. The fraction of sp³-hybridized carbons (Fsp3) is 0. The molecule has 0 spiro atoms. The van der Waals surface area contributed by atoms with Crippen LogP contribution in [0.3, 0.4) is 0 Å². The maximum atomic E-state index is 10.7. The highest BCUT2D eigenvalue weighted by Crippen LogP contribution is 2.03. The molecule has 0 fully saturated rings. The van der Waals surface area contributed by atoms with Crippen molar-refractivity contribution in [1.82, 2.24) is 2.78 Å². The summed E-state index contributed by atoms with van der Waals surface area (Å²) in [6, 6.07) is 2.99. The molecule has 0 atom stereocenters. The molecule has 0 saturated carbocycles. The second kappa shape index (κ2) is 2.70. The second-order valence-corrected chi connectivity index (χ2v) is 2.97. The zero-order chi connectivity index (χ0) is 6.85. The zero-order valence-electron chi connectivity index (χ0n) is 4.34. The van der Waals surface area contributed by atoms with Gasteiger partial charge in [0.15, 0.2) is 0 Å². The van der Waals surface area contributed by atoms with E-state index in [0.29, 0.717) is 5.02 Å². The third-order valence-electron chi connectivity index (χ3n) is 0.832. The average Bonchev–Trinajstić information content (AvgIpc) is 1.80. The highest BCUT2D eigenvalue weighted by molar-refractivity contribution is 14.1. The summed E-state index contributed by atoms with van der Waals surface area (Å²) in [5.41, 5.74) is -0.0556. The van der Waals surface area contributed by atoms with Crippen LogP contribution in [-0.4, -0.2) is 2.78 Å². The van der Waals surface area contributed by atoms with Crippen molar-refractivity contribution in [2.75, 3.05) is 0 Å². The smallest absolute Gasteiger partial charge is 0.259 e. The van der Waals surface area contributed by atoms with E-state index in [0.717, 1.165) is 0 Å². The van der Waals surface area contributed by atoms with Gasteiger partial charge in [-0.3, -0.25) is 7.58 Å². The summed E-state index contributed by atoms with van der Waals surface area (Å²) >= 11 is 7.42. The lowest BCUT2D eigenvalue weighted by molar-refractivity contribution is 1.20. The fourth-order valence-corrected chi connectivity index (χ4v) is 1.22. The molecule has 0 saturated heterocycles. The van der Waals surface area contributed by atoms with Crippen molar-refractivity contribution in [3.8, 4) is 0 Å². The third kappa shape index (κ3) is 1.69. The van der Waals surface area contributed by atoms with Crippen molar-refractivity contribution in [1.29, 1.82) is 0 Å². The number of halogens is 2. The first-order valence-corrected chi connectivity index (χ1v) is 3.59. The molecule has 9 heavy (non-hydrogen) atoms. The normalized spacial score (nSPS) is 9.56. The van der Waals surface area contributed by atoms with Gasteiger partial charge in [-0.15, -0.1) is 0 Å². The Labute approximate surface area is 70.9 Å². The molecule has 0 aliphatic heterocycles. The number of hydrogen-bond acceptors (Lipinski definition) is 1. The van der Waals surface area contributed by atoms with E-state index < -0.39 is 0 Å². The molecular formula is C5H3ClINO. The van der Waals surface area contributed by atoms with Crippen LogP contribution in [0.2, 0.25) is 5.02 Å². The van der Waals surface area contributed by atoms with Crippen molar-refractivity contribution in [2.45, 2.75) is 0 Å². The van der Waals surface area contributed by atoms with Crippen LogP contribution < -0.4 is 5.56 Å². The predicted octanol–water partition coefficient (Wildman–Crippen LogP) is 1.70. The van der Waals surface area contributed by atoms with Crippen LogP contribution in [0.15, 0.2) is 23.1 Å². The maximum absolute atomic E-state index is 10.7. The van der Waals surface area contributed by atoms with E-state index in [2.05, 4.69) is 0 Å². The molecule has 48 valence electrons.